The molecule has 13 heteroatoms. The summed E-state index contributed by atoms with van der Waals surface area (Å²) in [6, 6.07) is 13.4. The number of ether oxygens (including phenoxy) is 1. The van der Waals surface area contributed by atoms with Crippen LogP contribution < -0.4 is 10.3 Å². The maximum Gasteiger partial charge on any atom is 0.490 e. The monoisotopic (exact) mass is 546 g/mol. The Morgan fingerprint density at radius 1 is 1.24 bits per heavy atom. The van der Waals surface area contributed by atoms with E-state index in [-0.39, 0.29) is 30.2 Å². The maximum atomic E-state index is 13.6. The highest BCUT2D eigenvalue weighted by Gasteiger charge is 2.38. The number of carbonyl (C=O) groups excluding carboxylic acids is 1. The Balaban J connectivity index is 0.000000505. The van der Waals surface area contributed by atoms with Gasteiger partial charge in [-0.1, -0.05) is 24.3 Å². The minimum Gasteiger partial charge on any atom is -0.494 e. The van der Waals surface area contributed by atoms with Crippen molar-refractivity contribution in [3.8, 4) is 11.8 Å². The van der Waals surface area contributed by atoms with Crippen molar-refractivity contribution in [2.75, 3.05) is 13.7 Å². The number of rotatable bonds is 6. The van der Waals surface area contributed by atoms with E-state index in [0.29, 0.717) is 16.8 Å². The largest absolute Gasteiger partial charge is 0.494 e. The van der Waals surface area contributed by atoms with E-state index in [0.717, 1.165) is 21.2 Å². The number of pyridine rings is 2. The number of nitrogens with zero attached hydrogens (tertiary/aromatic N) is 4. The highest BCUT2D eigenvalue weighted by atomic mass is 32.1. The van der Waals surface area contributed by atoms with Gasteiger partial charge in [-0.3, -0.25) is 14.6 Å². The molecule has 0 atom stereocenters. The van der Waals surface area contributed by atoms with Gasteiger partial charge in [0.15, 0.2) is 5.75 Å². The molecule has 0 saturated carbocycles. The number of fused-ring (bicyclic) bond motifs is 3. The van der Waals surface area contributed by atoms with Gasteiger partial charge in [-0.05, 0) is 17.7 Å². The number of carboxylic acids is 1. The fourth-order valence-corrected chi connectivity index (χ4v) is 4.93. The molecular formula is C25H21F3N4O5S. The Morgan fingerprint density at radius 2 is 1.92 bits per heavy atom. The van der Waals surface area contributed by atoms with Crippen LogP contribution in [-0.4, -0.2) is 51.3 Å². The number of aromatic nitrogens is 2. The van der Waals surface area contributed by atoms with Crippen molar-refractivity contribution >= 4 is 44.2 Å². The number of benzene rings is 1. The van der Waals surface area contributed by atoms with Crippen LogP contribution in [-0.2, 0) is 18.4 Å². The smallest absolute Gasteiger partial charge is 0.490 e. The third-order valence-corrected chi connectivity index (χ3v) is 6.60. The van der Waals surface area contributed by atoms with Crippen molar-refractivity contribution in [3.63, 3.8) is 0 Å². The van der Waals surface area contributed by atoms with E-state index in [1.807, 2.05) is 30.3 Å². The Kier molecular flexibility index (Phi) is 8.69. The molecule has 9 nitrogen and oxygen atoms in total. The number of thiophene rings is 1. The third kappa shape index (κ3) is 5.92. The summed E-state index contributed by atoms with van der Waals surface area (Å²) >= 11 is 1.25. The van der Waals surface area contributed by atoms with Gasteiger partial charge in [0.1, 0.15) is 10.3 Å². The first-order valence-electron chi connectivity index (χ1n) is 10.9. The highest BCUT2D eigenvalue weighted by molar-refractivity contribution is 7.22. The van der Waals surface area contributed by atoms with E-state index in [2.05, 4.69) is 11.1 Å². The van der Waals surface area contributed by atoms with Gasteiger partial charge in [-0.25, -0.2) is 4.79 Å². The molecule has 1 amide bonds. The Hall–Kier alpha value is -4.44. The lowest BCUT2D eigenvalue weighted by Gasteiger charge is -2.21. The fraction of sp³-hybridized carbons (Fsp3) is 0.240. The lowest BCUT2D eigenvalue weighted by Crippen LogP contribution is -2.31. The van der Waals surface area contributed by atoms with Crippen LogP contribution in [0.4, 0.5) is 13.2 Å². The summed E-state index contributed by atoms with van der Waals surface area (Å²) in [6.07, 6.45) is -1.52. The van der Waals surface area contributed by atoms with Crippen LogP contribution in [0, 0.1) is 11.3 Å². The lowest BCUT2D eigenvalue weighted by atomic mass is 10.1. The second-order valence-corrected chi connectivity index (χ2v) is 8.87. The predicted molar refractivity (Wildman–Crippen MR) is 134 cm³/mol. The molecular weight excluding hydrogens is 525 g/mol. The number of hydrogen-bond donors (Lipinski definition) is 1. The lowest BCUT2D eigenvalue weighted by molar-refractivity contribution is -0.192. The van der Waals surface area contributed by atoms with E-state index >= 15 is 0 Å². The number of amides is 1. The number of nitriles is 1. The quantitative estimate of drug-likeness (QED) is 0.381. The van der Waals surface area contributed by atoms with Crippen LogP contribution in [0.25, 0.3) is 21.0 Å². The zero-order valence-corrected chi connectivity index (χ0v) is 21.0. The van der Waals surface area contributed by atoms with Gasteiger partial charge in [0, 0.05) is 37.9 Å². The van der Waals surface area contributed by atoms with Gasteiger partial charge in [0.2, 0.25) is 0 Å². The minimum absolute atomic E-state index is 0.198. The van der Waals surface area contributed by atoms with E-state index in [4.69, 9.17) is 19.9 Å². The molecule has 198 valence electrons. The number of para-hydroxylation sites is 1. The van der Waals surface area contributed by atoms with Crippen molar-refractivity contribution in [3.05, 3.63) is 69.6 Å². The number of methoxy groups -OCH3 is 1. The fourth-order valence-electron chi connectivity index (χ4n) is 3.66. The molecule has 38 heavy (non-hydrogen) atoms. The van der Waals surface area contributed by atoms with Gasteiger partial charge in [-0.15, -0.1) is 11.3 Å². The number of aliphatic carboxylic acids is 1. The van der Waals surface area contributed by atoms with Crippen LogP contribution in [0.1, 0.15) is 21.7 Å². The molecule has 3 aromatic heterocycles. The maximum absolute atomic E-state index is 13.6. The van der Waals surface area contributed by atoms with E-state index in [1.165, 1.54) is 18.4 Å². The number of carbonyl (C=O) groups is 2. The average Bonchev–Trinajstić information content (AvgIpc) is 3.29. The van der Waals surface area contributed by atoms with Gasteiger partial charge < -0.3 is 19.3 Å². The van der Waals surface area contributed by atoms with Crippen LogP contribution in [0.3, 0.4) is 0 Å². The number of carboxylic acid groups (broad SMARTS) is 1. The Labute approximate surface area is 217 Å². The van der Waals surface area contributed by atoms with Gasteiger partial charge in [0.05, 0.1) is 29.8 Å². The first-order valence-corrected chi connectivity index (χ1v) is 11.8. The van der Waals surface area contributed by atoms with Crippen molar-refractivity contribution in [1.29, 1.82) is 5.26 Å². The molecule has 0 aliphatic carbocycles. The molecule has 0 bridgehead atoms. The molecule has 4 rings (SSSR count). The molecule has 0 fully saturated rings. The zero-order chi connectivity index (χ0) is 28.0. The van der Waals surface area contributed by atoms with Gasteiger partial charge in [0.25, 0.3) is 11.5 Å². The molecule has 0 unspecified atom stereocenters. The SMILES string of the molecule is COc1c(C(=O)N(CCC#N)Cc2cccnc2)sc2c1c(=O)n(C)c1ccccc21.O=C(O)C(F)(F)F. The topological polar surface area (TPSA) is 126 Å². The summed E-state index contributed by atoms with van der Waals surface area (Å²) in [7, 11) is 3.18. The van der Waals surface area contributed by atoms with Crippen molar-refractivity contribution in [2.45, 2.75) is 19.1 Å². The second-order valence-electron chi connectivity index (χ2n) is 7.85. The molecule has 3 heterocycles. The number of halogens is 3. The standard InChI is InChI=1S/C23H20N4O3S.C2HF3O2/c1-26-17-9-4-3-8-16(17)20-18(22(26)28)19(30-2)21(31-20)23(29)27(12-6-10-24)14-15-7-5-11-25-13-15;3-2(4,5)1(6)7/h3-5,7-9,11,13H,6,12,14H2,1-2H3;(H,6,7). The average molecular weight is 547 g/mol. The molecule has 0 aliphatic rings. The molecule has 1 aromatic carbocycles. The molecule has 1 N–H and O–H groups in total. The Morgan fingerprint density at radius 3 is 2.50 bits per heavy atom. The molecule has 0 saturated heterocycles. The predicted octanol–water partition coefficient (Wildman–Crippen LogP) is 4.35. The highest BCUT2D eigenvalue weighted by Crippen LogP contribution is 2.40. The van der Waals surface area contributed by atoms with Crippen LogP contribution >= 0.6 is 11.3 Å². The summed E-state index contributed by atoms with van der Waals surface area (Å²) in [4.78, 5) is 41.6. The van der Waals surface area contributed by atoms with E-state index < -0.39 is 12.1 Å². The molecule has 0 spiro atoms. The Bertz CT molecular complexity index is 1580. The summed E-state index contributed by atoms with van der Waals surface area (Å²) in [5.41, 5.74) is 1.44. The van der Waals surface area contributed by atoms with Crippen LogP contribution in [0.5, 0.6) is 5.75 Å². The molecule has 4 aromatic rings. The number of hydrogen-bond acceptors (Lipinski definition) is 7. The van der Waals surface area contributed by atoms with Crippen molar-refractivity contribution in [1.82, 2.24) is 14.5 Å². The molecule has 0 radical (unpaired) electrons. The van der Waals surface area contributed by atoms with E-state index in [9.17, 15) is 22.8 Å². The summed E-state index contributed by atoms with van der Waals surface area (Å²) in [5.74, 6) is -2.75. The van der Waals surface area contributed by atoms with Crippen molar-refractivity contribution < 1.29 is 32.6 Å². The van der Waals surface area contributed by atoms with Crippen LogP contribution in [0.15, 0.2) is 53.6 Å². The van der Waals surface area contributed by atoms with Crippen LogP contribution in [0.2, 0.25) is 0 Å². The number of alkyl halides is 3. The number of aryl methyl sites for hydroxylation is 1. The zero-order valence-electron chi connectivity index (χ0n) is 20.2. The van der Waals surface area contributed by atoms with Crippen molar-refractivity contribution in [2.24, 2.45) is 7.05 Å². The van der Waals surface area contributed by atoms with Gasteiger partial charge >= 0.3 is 12.1 Å². The summed E-state index contributed by atoms with van der Waals surface area (Å²) in [6.45, 7) is 0.574. The third-order valence-electron chi connectivity index (χ3n) is 5.41. The second kappa shape index (κ2) is 11.7. The summed E-state index contributed by atoms with van der Waals surface area (Å²) < 4.78 is 39.6. The first-order chi connectivity index (χ1) is 18.0. The summed E-state index contributed by atoms with van der Waals surface area (Å²) in [5, 5.41) is 17.5. The van der Waals surface area contributed by atoms with Gasteiger partial charge in [-0.2, -0.15) is 18.4 Å². The first kappa shape index (κ1) is 28.1. The molecule has 0 aliphatic heterocycles. The van der Waals surface area contributed by atoms with E-state index in [1.54, 1.807) is 35.0 Å². The minimum atomic E-state index is -5.08. The normalized spacial score (nSPS) is 10.9.